The maximum atomic E-state index is 12.2. The number of phenols is 1. The average molecular weight is 518 g/mol. The minimum atomic E-state index is -0.470. The number of halogens is 1. The van der Waals surface area contributed by atoms with Crippen LogP contribution in [0.2, 0.25) is 0 Å². The molecular weight excluding hydrogens is 475 g/mol. The first-order valence-electron chi connectivity index (χ1n) is 11.1. The Hall–Kier alpha value is -0.780. The number of hydrogen-bond acceptors (Lipinski definition) is 3. The molecule has 0 aliphatic rings. The zero-order valence-electron chi connectivity index (χ0n) is 19.7. The first-order valence-corrected chi connectivity index (χ1v) is 13.5. The zero-order chi connectivity index (χ0) is 22.1. The van der Waals surface area contributed by atoms with Crippen molar-refractivity contribution in [3.63, 3.8) is 0 Å². The van der Waals surface area contributed by atoms with E-state index < -0.39 is 21.6 Å². The summed E-state index contributed by atoms with van der Waals surface area (Å²) in [4.78, 5) is 12.2. The number of benzene rings is 1. The molecule has 29 heavy (non-hydrogen) atoms. The van der Waals surface area contributed by atoms with Gasteiger partial charge in [0, 0.05) is 0 Å². The van der Waals surface area contributed by atoms with Crippen molar-refractivity contribution in [3.05, 3.63) is 28.8 Å². The summed E-state index contributed by atoms with van der Waals surface area (Å²) in [5, 5.41) is 10.8. The second-order valence-electron chi connectivity index (χ2n) is 10.1. The van der Waals surface area contributed by atoms with E-state index in [1.165, 1.54) is 38.5 Å². The van der Waals surface area contributed by atoms with Gasteiger partial charge in [0.2, 0.25) is 0 Å². The standard InChI is InChI=1S/C25H42IO3/c1-8-9-10-11-12-13-16-26-29-22(27)15-14-19-17-20(24(2,3)4)23(28)21(18-19)25(5,6)7/h17-18,28H,8-16H2,1-7H3/q-1. The summed E-state index contributed by atoms with van der Waals surface area (Å²) in [6, 6.07) is 4.12. The van der Waals surface area contributed by atoms with Crippen molar-refractivity contribution in [2.45, 2.75) is 111 Å². The van der Waals surface area contributed by atoms with Crippen LogP contribution in [0.25, 0.3) is 0 Å². The molecule has 1 aromatic carbocycles. The Morgan fingerprint density at radius 3 is 1.97 bits per heavy atom. The Kier molecular flexibility index (Phi) is 11.0. The van der Waals surface area contributed by atoms with Crippen molar-refractivity contribution < 1.29 is 34.6 Å². The number of phenolic OH excluding ortho intramolecular Hbond substituents is 1. The van der Waals surface area contributed by atoms with E-state index in [1.807, 2.05) is 0 Å². The van der Waals surface area contributed by atoms with Crippen LogP contribution in [0, 0.1) is 0 Å². The maximum absolute atomic E-state index is 12.2. The van der Waals surface area contributed by atoms with E-state index in [9.17, 15) is 9.90 Å². The quantitative estimate of drug-likeness (QED) is 0.276. The van der Waals surface area contributed by atoms with Gasteiger partial charge in [-0.15, -0.1) is 0 Å². The summed E-state index contributed by atoms with van der Waals surface area (Å²) in [5.74, 6) is 0.313. The molecule has 0 saturated heterocycles. The third-order valence-corrected chi connectivity index (χ3v) is 7.11. The Morgan fingerprint density at radius 1 is 0.931 bits per heavy atom. The van der Waals surface area contributed by atoms with E-state index >= 15 is 0 Å². The molecule has 0 aromatic heterocycles. The molecule has 0 aliphatic carbocycles. The Balaban J connectivity index is 2.58. The molecule has 0 radical (unpaired) electrons. The molecule has 0 bridgehead atoms. The molecule has 3 nitrogen and oxygen atoms in total. The summed E-state index contributed by atoms with van der Waals surface area (Å²) in [6.45, 7) is 14.9. The van der Waals surface area contributed by atoms with E-state index in [1.54, 1.807) is 0 Å². The molecule has 1 aromatic rings. The van der Waals surface area contributed by atoms with Crippen molar-refractivity contribution in [1.29, 1.82) is 0 Å². The molecule has 0 saturated carbocycles. The van der Waals surface area contributed by atoms with Crippen LogP contribution in [0.3, 0.4) is 0 Å². The van der Waals surface area contributed by atoms with Crippen LogP contribution in [0.5, 0.6) is 5.75 Å². The van der Waals surface area contributed by atoms with Gasteiger partial charge in [0.05, 0.1) is 0 Å². The van der Waals surface area contributed by atoms with Crippen molar-refractivity contribution in [2.75, 3.05) is 4.43 Å². The van der Waals surface area contributed by atoms with E-state index in [-0.39, 0.29) is 16.8 Å². The monoisotopic (exact) mass is 517 g/mol. The first kappa shape index (κ1) is 26.3. The van der Waals surface area contributed by atoms with Crippen molar-refractivity contribution >= 4 is 5.97 Å². The number of unbranched alkanes of at least 4 members (excludes halogenated alkanes) is 5. The van der Waals surface area contributed by atoms with Crippen molar-refractivity contribution in [3.8, 4) is 5.75 Å². The van der Waals surface area contributed by atoms with Gasteiger partial charge in [0.25, 0.3) is 0 Å². The summed E-state index contributed by atoms with van der Waals surface area (Å²) in [5.41, 5.74) is 2.70. The SMILES string of the molecule is CCCCCCCC[I-]OC(=O)CCc1cc(C(C)(C)C)c(O)c(C(C)(C)C)c1. The van der Waals surface area contributed by atoms with Crippen LogP contribution in [0.4, 0.5) is 0 Å². The molecular formula is C25H42IO3-. The molecule has 0 aliphatic heterocycles. The summed E-state index contributed by atoms with van der Waals surface area (Å²) >= 11 is -0.470. The predicted molar refractivity (Wildman–Crippen MR) is 118 cm³/mol. The molecule has 0 atom stereocenters. The van der Waals surface area contributed by atoms with Gasteiger partial charge < -0.3 is 0 Å². The molecule has 0 heterocycles. The van der Waals surface area contributed by atoms with Crippen LogP contribution >= 0.6 is 0 Å². The third-order valence-electron chi connectivity index (χ3n) is 5.11. The Morgan fingerprint density at radius 2 is 1.45 bits per heavy atom. The number of rotatable bonds is 11. The van der Waals surface area contributed by atoms with E-state index in [0.29, 0.717) is 18.6 Å². The minimum absolute atomic E-state index is 0.0773. The van der Waals surface area contributed by atoms with Gasteiger partial charge in [-0.25, -0.2) is 0 Å². The topological polar surface area (TPSA) is 46.5 Å². The summed E-state index contributed by atoms with van der Waals surface area (Å²) < 4.78 is 6.60. The number of alkyl halides is 1. The zero-order valence-corrected chi connectivity index (χ0v) is 21.8. The summed E-state index contributed by atoms with van der Waals surface area (Å²) in [6.07, 6.45) is 8.75. The van der Waals surface area contributed by atoms with Crippen molar-refractivity contribution in [1.82, 2.24) is 0 Å². The second-order valence-corrected chi connectivity index (χ2v) is 12.2. The van der Waals surface area contributed by atoms with E-state index in [4.69, 9.17) is 3.07 Å². The van der Waals surface area contributed by atoms with Gasteiger partial charge in [-0.05, 0) is 0 Å². The number of aryl methyl sites for hydroxylation is 1. The Labute approximate surface area is 189 Å². The van der Waals surface area contributed by atoms with E-state index in [2.05, 4.69) is 60.6 Å². The number of hydrogen-bond donors (Lipinski definition) is 1. The number of aromatic hydroxyl groups is 1. The molecule has 0 amide bonds. The fourth-order valence-corrected chi connectivity index (χ4v) is 4.93. The molecule has 1 rings (SSSR count). The van der Waals surface area contributed by atoms with Gasteiger partial charge >= 0.3 is 190 Å². The number of carbonyl (C=O) groups excluding carboxylic acids is 1. The molecule has 1 N–H and O–H groups in total. The normalized spacial score (nSPS) is 12.4. The molecule has 0 fully saturated rings. The van der Waals surface area contributed by atoms with E-state index in [0.717, 1.165) is 21.1 Å². The third kappa shape index (κ3) is 9.71. The van der Waals surface area contributed by atoms with Gasteiger partial charge in [0.15, 0.2) is 0 Å². The van der Waals surface area contributed by atoms with Gasteiger partial charge in [-0.2, -0.15) is 0 Å². The molecule has 0 spiro atoms. The molecule has 168 valence electrons. The Bertz CT molecular complexity index is 603. The fourth-order valence-electron chi connectivity index (χ4n) is 3.30. The van der Waals surface area contributed by atoms with Gasteiger partial charge in [0.1, 0.15) is 0 Å². The summed E-state index contributed by atoms with van der Waals surface area (Å²) in [7, 11) is 0. The molecule has 4 heteroatoms. The van der Waals surface area contributed by atoms with Crippen LogP contribution in [-0.2, 0) is 25.1 Å². The average Bonchev–Trinajstić information content (AvgIpc) is 2.61. The predicted octanol–water partition coefficient (Wildman–Crippen LogP) is 3.83. The van der Waals surface area contributed by atoms with Crippen molar-refractivity contribution in [2.24, 2.45) is 0 Å². The van der Waals surface area contributed by atoms with Crippen LogP contribution in [0.1, 0.15) is 110 Å². The number of carbonyl (C=O) groups is 1. The molecule has 0 unspecified atom stereocenters. The first-order chi connectivity index (χ1) is 13.5. The second kappa shape index (κ2) is 12.2. The van der Waals surface area contributed by atoms with Gasteiger partial charge in [-0.1, -0.05) is 0 Å². The van der Waals surface area contributed by atoms with Gasteiger partial charge in [-0.3, -0.25) is 0 Å². The van der Waals surface area contributed by atoms with Crippen LogP contribution in [0.15, 0.2) is 12.1 Å². The van der Waals surface area contributed by atoms with Crippen LogP contribution in [-0.4, -0.2) is 15.5 Å². The van der Waals surface area contributed by atoms with Crippen LogP contribution < -0.4 is 21.6 Å². The fraction of sp³-hybridized carbons (Fsp3) is 0.720.